The van der Waals surface area contributed by atoms with Crippen LogP contribution >= 0.6 is 0 Å². The summed E-state index contributed by atoms with van der Waals surface area (Å²) in [5.74, 6) is 0. The lowest BCUT2D eigenvalue weighted by atomic mass is 10.1. The zero-order chi connectivity index (χ0) is 14.9. The van der Waals surface area contributed by atoms with Gasteiger partial charge in [0.25, 0.3) is 0 Å². The van der Waals surface area contributed by atoms with Crippen molar-refractivity contribution >= 4 is 33.4 Å². The summed E-state index contributed by atoms with van der Waals surface area (Å²) < 4.78 is 5.27. The highest BCUT2D eigenvalue weighted by Crippen LogP contribution is 2.25. The Balaban J connectivity index is 1.84. The molecule has 0 fully saturated rings. The topological polar surface area (TPSA) is 55.1 Å². The lowest BCUT2D eigenvalue weighted by molar-refractivity contribution is 0.522. The molecular formula is C18H12N2O2. The first kappa shape index (κ1) is 12.6. The van der Waals surface area contributed by atoms with Gasteiger partial charge in [-0.3, -0.25) is 0 Å². The van der Waals surface area contributed by atoms with E-state index in [-0.39, 0.29) is 6.01 Å². The first-order valence-electron chi connectivity index (χ1n) is 6.96. The second-order valence-corrected chi connectivity index (χ2v) is 4.98. The van der Waals surface area contributed by atoms with Gasteiger partial charge >= 0.3 is 11.6 Å². The fourth-order valence-electron chi connectivity index (χ4n) is 2.52. The van der Waals surface area contributed by atoms with Gasteiger partial charge in [-0.15, -0.1) is 0 Å². The van der Waals surface area contributed by atoms with Crippen LogP contribution in [0.25, 0.3) is 21.7 Å². The Kier molecular flexibility index (Phi) is 2.86. The van der Waals surface area contributed by atoms with Gasteiger partial charge in [-0.25, -0.2) is 4.79 Å². The first-order valence-corrected chi connectivity index (χ1v) is 6.96. The summed E-state index contributed by atoms with van der Waals surface area (Å²) in [6, 6.07) is 21.2. The van der Waals surface area contributed by atoms with Gasteiger partial charge in [-0.2, -0.15) is 4.98 Å². The summed E-state index contributed by atoms with van der Waals surface area (Å²) in [6.45, 7) is 0. The van der Waals surface area contributed by atoms with Crippen molar-refractivity contribution in [2.24, 2.45) is 0 Å². The van der Waals surface area contributed by atoms with Crippen molar-refractivity contribution < 1.29 is 4.42 Å². The summed E-state index contributed by atoms with van der Waals surface area (Å²) >= 11 is 0. The van der Waals surface area contributed by atoms with E-state index in [1.165, 1.54) is 0 Å². The van der Waals surface area contributed by atoms with E-state index < -0.39 is 5.63 Å². The average Bonchev–Trinajstić information content (AvgIpc) is 2.55. The number of fused-ring (bicyclic) bond motifs is 2. The Morgan fingerprint density at radius 2 is 1.55 bits per heavy atom. The van der Waals surface area contributed by atoms with Gasteiger partial charge < -0.3 is 9.73 Å². The highest BCUT2D eigenvalue weighted by atomic mass is 16.4. The van der Waals surface area contributed by atoms with Crippen LogP contribution in [-0.2, 0) is 0 Å². The Hall–Kier alpha value is -3.14. The second-order valence-electron chi connectivity index (χ2n) is 4.98. The third-order valence-corrected chi connectivity index (χ3v) is 3.57. The molecule has 22 heavy (non-hydrogen) atoms. The quantitative estimate of drug-likeness (QED) is 0.603. The molecule has 0 saturated heterocycles. The molecule has 0 aliphatic rings. The molecule has 3 aromatic carbocycles. The molecular weight excluding hydrogens is 276 g/mol. The van der Waals surface area contributed by atoms with Crippen LogP contribution in [0, 0.1) is 0 Å². The van der Waals surface area contributed by atoms with Crippen LogP contribution in [0.1, 0.15) is 0 Å². The van der Waals surface area contributed by atoms with Crippen LogP contribution in [-0.4, -0.2) is 4.98 Å². The van der Waals surface area contributed by atoms with E-state index in [0.717, 1.165) is 16.5 Å². The van der Waals surface area contributed by atoms with Crippen molar-refractivity contribution in [1.82, 2.24) is 4.98 Å². The number of para-hydroxylation sites is 1. The Bertz CT molecular complexity index is 1030. The van der Waals surface area contributed by atoms with Gasteiger partial charge in [0.15, 0.2) is 0 Å². The predicted octanol–water partition coefficient (Wildman–Crippen LogP) is 4.08. The second kappa shape index (κ2) is 5.00. The first-order chi connectivity index (χ1) is 10.8. The van der Waals surface area contributed by atoms with Crippen LogP contribution in [0.2, 0.25) is 0 Å². The fraction of sp³-hybridized carbons (Fsp3) is 0. The molecule has 4 nitrogen and oxygen atoms in total. The van der Waals surface area contributed by atoms with E-state index in [0.29, 0.717) is 10.9 Å². The fourth-order valence-corrected chi connectivity index (χ4v) is 2.52. The smallest absolute Gasteiger partial charge is 0.348 e. The highest BCUT2D eigenvalue weighted by Gasteiger charge is 2.07. The Morgan fingerprint density at radius 3 is 2.45 bits per heavy atom. The predicted molar refractivity (Wildman–Crippen MR) is 87.5 cm³/mol. The largest absolute Gasteiger partial charge is 0.388 e. The van der Waals surface area contributed by atoms with E-state index in [4.69, 9.17) is 4.42 Å². The summed E-state index contributed by atoms with van der Waals surface area (Å²) in [5, 5.41) is 5.73. The van der Waals surface area contributed by atoms with Gasteiger partial charge in [-0.1, -0.05) is 48.5 Å². The van der Waals surface area contributed by atoms with E-state index in [9.17, 15) is 4.79 Å². The normalized spacial score (nSPS) is 10.9. The lowest BCUT2D eigenvalue weighted by Crippen LogP contribution is -2.05. The van der Waals surface area contributed by atoms with Crippen LogP contribution in [0.4, 0.5) is 11.7 Å². The Labute approximate surface area is 126 Å². The van der Waals surface area contributed by atoms with E-state index in [2.05, 4.69) is 10.3 Å². The summed E-state index contributed by atoms with van der Waals surface area (Å²) in [7, 11) is 0. The van der Waals surface area contributed by atoms with Crippen LogP contribution in [0.3, 0.4) is 0 Å². The molecule has 4 heteroatoms. The number of benzene rings is 3. The molecule has 0 amide bonds. The minimum absolute atomic E-state index is 0.194. The minimum atomic E-state index is -0.395. The molecule has 4 rings (SSSR count). The number of hydrogen-bond donors (Lipinski definition) is 1. The monoisotopic (exact) mass is 288 g/mol. The number of nitrogens with zero attached hydrogens (tertiary/aromatic N) is 1. The molecule has 1 aromatic heterocycles. The Morgan fingerprint density at radius 1 is 0.818 bits per heavy atom. The molecule has 4 aromatic rings. The van der Waals surface area contributed by atoms with E-state index >= 15 is 0 Å². The standard InChI is InChI=1S/C18H12N2O2/c21-17-14-9-3-4-10-16(14)20-18(22-17)19-15-11-5-7-12-6-1-2-8-13(12)15/h1-11H,(H,19,20). The molecule has 0 radical (unpaired) electrons. The molecule has 106 valence electrons. The molecule has 0 spiro atoms. The van der Waals surface area contributed by atoms with Crippen LogP contribution in [0.15, 0.2) is 75.9 Å². The van der Waals surface area contributed by atoms with E-state index in [1.54, 1.807) is 18.2 Å². The van der Waals surface area contributed by atoms with Crippen LogP contribution in [0.5, 0.6) is 0 Å². The number of rotatable bonds is 2. The highest BCUT2D eigenvalue weighted by molar-refractivity contribution is 5.95. The number of hydrogen-bond acceptors (Lipinski definition) is 4. The summed E-state index contributed by atoms with van der Waals surface area (Å²) in [5.41, 5.74) is 1.07. The third kappa shape index (κ3) is 2.11. The maximum Gasteiger partial charge on any atom is 0.348 e. The van der Waals surface area contributed by atoms with Crippen LogP contribution < -0.4 is 10.9 Å². The summed E-state index contributed by atoms with van der Waals surface area (Å²) in [4.78, 5) is 16.4. The molecule has 1 heterocycles. The maximum absolute atomic E-state index is 12.0. The average molecular weight is 288 g/mol. The van der Waals surface area contributed by atoms with Crippen molar-refractivity contribution in [3.05, 3.63) is 77.2 Å². The lowest BCUT2D eigenvalue weighted by Gasteiger charge is -2.08. The molecule has 0 bridgehead atoms. The van der Waals surface area contributed by atoms with Crippen molar-refractivity contribution in [1.29, 1.82) is 0 Å². The molecule has 0 aliphatic carbocycles. The third-order valence-electron chi connectivity index (χ3n) is 3.57. The van der Waals surface area contributed by atoms with Crippen molar-refractivity contribution in [2.45, 2.75) is 0 Å². The SMILES string of the molecule is O=c1oc(Nc2cccc3ccccc23)nc2ccccc12. The minimum Gasteiger partial charge on any atom is -0.388 e. The number of anilines is 2. The molecule has 0 unspecified atom stereocenters. The molecule has 0 aliphatic heterocycles. The maximum atomic E-state index is 12.0. The zero-order valence-electron chi connectivity index (χ0n) is 11.6. The van der Waals surface area contributed by atoms with Crippen molar-refractivity contribution in [3.63, 3.8) is 0 Å². The van der Waals surface area contributed by atoms with Crippen molar-refractivity contribution in [2.75, 3.05) is 5.32 Å². The van der Waals surface area contributed by atoms with E-state index in [1.807, 2.05) is 48.5 Å². The molecule has 0 atom stereocenters. The molecule has 0 saturated carbocycles. The van der Waals surface area contributed by atoms with Crippen molar-refractivity contribution in [3.8, 4) is 0 Å². The zero-order valence-corrected chi connectivity index (χ0v) is 11.6. The summed E-state index contributed by atoms with van der Waals surface area (Å²) in [6.07, 6.45) is 0. The van der Waals surface area contributed by atoms with Gasteiger partial charge in [0.1, 0.15) is 0 Å². The molecule has 1 N–H and O–H groups in total. The van der Waals surface area contributed by atoms with Gasteiger partial charge in [0.2, 0.25) is 0 Å². The van der Waals surface area contributed by atoms with Gasteiger partial charge in [-0.05, 0) is 23.6 Å². The van der Waals surface area contributed by atoms with Gasteiger partial charge in [0.05, 0.1) is 16.6 Å². The van der Waals surface area contributed by atoms with Gasteiger partial charge in [0, 0.05) is 5.39 Å². The number of aromatic nitrogens is 1. The number of nitrogens with one attached hydrogen (secondary N) is 1.